The molecule has 2 aliphatic heterocycles. The van der Waals surface area contributed by atoms with Crippen LogP contribution in [0.15, 0.2) is 16.6 Å². The third-order valence-electron chi connectivity index (χ3n) is 4.00. The lowest BCUT2D eigenvalue weighted by Crippen LogP contribution is -2.20. The van der Waals surface area contributed by atoms with Crippen LogP contribution in [0.25, 0.3) is 0 Å². The molecule has 0 aliphatic carbocycles. The Bertz CT molecular complexity index is 492. The Morgan fingerprint density at radius 2 is 1.90 bits per heavy atom. The number of hydrogen-bond acceptors (Lipinski definition) is 3. The van der Waals surface area contributed by atoms with Crippen LogP contribution in [0, 0.1) is 5.92 Å². The summed E-state index contributed by atoms with van der Waals surface area (Å²) in [5.74, 6) is 2.16. The first-order chi connectivity index (χ1) is 9.70. The number of benzene rings is 1. The van der Waals surface area contributed by atoms with E-state index in [9.17, 15) is 0 Å². The van der Waals surface area contributed by atoms with E-state index in [-0.39, 0.29) is 4.83 Å². The zero-order chi connectivity index (χ0) is 14.1. The lowest BCUT2D eigenvalue weighted by Gasteiger charge is -2.26. The lowest BCUT2D eigenvalue weighted by atomic mass is 9.91. The van der Waals surface area contributed by atoms with Crippen molar-refractivity contribution in [3.8, 4) is 11.5 Å². The van der Waals surface area contributed by atoms with Crippen molar-refractivity contribution in [1.29, 1.82) is 0 Å². The minimum absolute atomic E-state index is 0.264. The number of ether oxygens (including phenoxy) is 3. The molecular weight excluding hydrogens is 388 g/mol. The summed E-state index contributed by atoms with van der Waals surface area (Å²) in [5, 5.41) is 0. The van der Waals surface area contributed by atoms with Crippen LogP contribution in [0.2, 0.25) is 0 Å². The summed E-state index contributed by atoms with van der Waals surface area (Å²) in [4.78, 5) is 0.264. The molecule has 1 saturated heterocycles. The number of fused-ring (bicyclic) bond motifs is 1. The summed E-state index contributed by atoms with van der Waals surface area (Å²) in [7, 11) is 0. The van der Waals surface area contributed by atoms with Gasteiger partial charge in [-0.05, 0) is 30.5 Å². The van der Waals surface area contributed by atoms with Crippen molar-refractivity contribution in [2.75, 3.05) is 19.8 Å². The van der Waals surface area contributed by atoms with E-state index in [4.69, 9.17) is 14.2 Å². The van der Waals surface area contributed by atoms with E-state index in [1.54, 1.807) is 0 Å². The van der Waals surface area contributed by atoms with Crippen LogP contribution < -0.4 is 9.47 Å². The Kier molecular flexibility index (Phi) is 4.58. The van der Waals surface area contributed by atoms with Crippen molar-refractivity contribution < 1.29 is 14.2 Å². The molecule has 0 amide bonds. The summed E-state index contributed by atoms with van der Waals surface area (Å²) in [6, 6.07) is 4.10. The molecule has 20 heavy (non-hydrogen) atoms. The normalized spacial score (nSPS) is 26.6. The van der Waals surface area contributed by atoms with E-state index in [0.717, 1.165) is 35.4 Å². The molecule has 3 nitrogen and oxygen atoms in total. The Hall–Kier alpha value is -0.260. The highest BCUT2D eigenvalue weighted by atomic mass is 79.9. The van der Waals surface area contributed by atoms with Crippen molar-refractivity contribution in [3.63, 3.8) is 0 Å². The SMILES string of the molecule is CCC1OCCC1C(Br)c1cc2c(cc1Br)OCCO2. The number of alkyl halides is 1. The molecule has 0 N–H and O–H groups in total. The molecule has 1 aromatic rings. The first-order valence-corrected chi connectivity index (χ1v) is 8.76. The minimum atomic E-state index is 0.264. The van der Waals surface area contributed by atoms with Gasteiger partial charge in [-0.2, -0.15) is 0 Å². The number of hydrogen-bond donors (Lipinski definition) is 0. The van der Waals surface area contributed by atoms with Crippen molar-refractivity contribution in [1.82, 2.24) is 0 Å². The highest BCUT2D eigenvalue weighted by Crippen LogP contribution is 2.46. The van der Waals surface area contributed by atoms with Crippen molar-refractivity contribution in [2.24, 2.45) is 5.92 Å². The van der Waals surface area contributed by atoms with Crippen LogP contribution in [0.3, 0.4) is 0 Å². The second-order valence-corrected chi connectivity index (χ2v) is 7.03. The van der Waals surface area contributed by atoms with Gasteiger partial charge < -0.3 is 14.2 Å². The summed E-state index contributed by atoms with van der Waals surface area (Å²) >= 11 is 7.52. The molecule has 110 valence electrons. The first kappa shape index (κ1) is 14.7. The molecule has 1 fully saturated rings. The van der Waals surface area contributed by atoms with Gasteiger partial charge in [0.2, 0.25) is 0 Å². The quantitative estimate of drug-likeness (QED) is 0.694. The smallest absolute Gasteiger partial charge is 0.162 e. The van der Waals surface area contributed by atoms with Crippen LogP contribution >= 0.6 is 31.9 Å². The fourth-order valence-corrected chi connectivity index (χ4v) is 4.80. The molecule has 0 spiro atoms. The highest BCUT2D eigenvalue weighted by molar-refractivity contribution is 9.11. The molecule has 3 atom stereocenters. The van der Waals surface area contributed by atoms with Crippen molar-refractivity contribution in [2.45, 2.75) is 30.7 Å². The molecule has 0 saturated carbocycles. The zero-order valence-corrected chi connectivity index (χ0v) is 14.6. The molecule has 3 rings (SSSR count). The fourth-order valence-electron chi connectivity index (χ4n) is 2.94. The zero-order valence-electron chi connectivity index (χ0n) is 11.4. The Labute approximate surface area is 136 Å². The van der Waals surface area contributed by atoms with E-state index >= 15 is 0 Å². The Morgan fingerprint density at radius 1 is 1.20 bits per heavy atom. The van der Waals surface area contributed by atoms with Crippen LogP contribution in [0.5, 0.6) is 11.5 Å². The second kappa shape index (κ2) is 6.24. The molecule has 2 heterocycles. The van der Waals surface area contributed by atoms with Crippen LogP contribution in [0.1, 0.15) is 30.2 Å². The minimum Gasteiger partial charge on any atom is -0.486 e. The molecule has 0 radical (unpaired) electrons. The van der Waals surface area contributed by atoms with Gasteiger partial charge in [0.25, 0.3) is 0 Å². The van der Waals surface area contributed by atoms with E-state index < -0.39 is 0 Å². The van der Waals surface area contributed by atoms with Gasteiger partial charge >= 0.3 is 0 Å². The molecule has 0 bridgehead atoms. The third kappa shape index (κ3) is 2.72. The van der Waals surface area contributed by atoms with Gasteiger partial charge in [-0.25, -0.2) is 0 Å². The maximum absolute atomic E-state index is 5.81. The Balaban J connectivity index is 1.89. The maximum atomic E-state index is 5.81. The van der Waals surface area contributed by atoms with Gasteiger partial charge in [-0.3, -0.25) is 0 Å². The topological polar surface area (TPSA) is 27.7 Å². The van der Waals surface area contributed by atoms with Gasteiger partial charge in [0, 0.05) is 21.8 Å². The van der Waals surface area contributed by atoms with Crippen LogP contribution in [-0.2, 0) is 4.74 Å². The summed E-state index contributed by atoms with van der Waals surface area (Å²) in [6.07, 6.45) is 2.48. The van der Waals surface area contributed by atoms with Crippen molar-refractivity contribution >= 4 is 31.9 Å². The maximum Gasteiger partial charge on any atom is 0.162 e. The van der Waals surface area contributed by atoms with Gasteiger partial charge in [-0.15, -0.1) is 0 Å². The highest BCUT2D eigenvalue weighted by Gasteiger charge is 2.34. The van der Waals surface area contributed by atoms with E-state index in [2.05, 4.69) is 44.8 Å². The van der Waals surface area contributed by atoms with Gasteiger partial charge in [0.05, 0.1) is 6.10 Å². The van der Waals surface area contributed by atoms with E-state index in [1.165, 1.54) is 5.56 Å². The molecule has 3 unspecified atom stereocenters. The Morgan fingerprint density at radius 3 is 2.60 bits per heavy atom. The first-order valence-electron chi connectivity index (χ1n) is 7.05. The predicted molar refractivity (Wildman–Crippen MR) is 84.9 cm³/mol. The van der Waals surface area contributed by atoms with Gasteiger partial charge in [-0.1, -0.05) is 38.8 Å². The van der Waals surface area contributed by atoms with Crippen LogP contribution in [0.4, 0.5) is 0 Å². The molecule has 5 heteroatoms. The molecule has 0 aromatic heterocycles. The van der Waals surface area contributed by atoms with E-state index in [0.29, 0.717) is 25.2 Å². The number of halogens is 2. The van der Waals surface area contributed by atoms with Gasteiger partial charge in [0.15, 0.2) is 11.5 Å². The lowest BCUT2D eigenvalue weighted by molar-refractivity contribution is 0.0872. The second-order valence-electron chi connectivity index (χ2n) is 5.19. The van der Waals surface area contributed by atoms with Crippen LogP contribution in [-0.4, -0.2) is 25.9 Å². The largest absolute Gasteiger partial charge is 0.486 e. The van der Waals surface area contributed by atoms with Gasteiger partial charge in [0.1, 0.15) is 13.2 Å². The monoisotopic (exact) mass is 404 g/mol. The predicted octanol–water partition coefficient (Wildman–Crippen LogP) is 4.47. The average Bonchev–Trinajstić information content (AvgIpc) is 2.94. The molecular formula is C15H18Br2O3. The number of rotatable bonds is 3. The van der Waals surface area contributed by atoms with Crippen molar-refractivity contribution in [3.05, 3.63) is 22.2 Å². The fraction of sp³-hybridized carbons (Fsp3) is 0.600. The standard InChI is InChI=1S/C15H18Br2O3/c1-2-12-9(3-4-18-12)15(17)10-7-13-14(8-11(10)16)20-6-5-19-13/h7-9,12,15H,2-6H2,1H3. The third-order valence-corrected chi connectivity index (χ3v) is 5.86. The average molecular weight is 406 g/mol. The molecule has 1 aromatic carbocycles. The summed E-state index contributed by atoms with van der Waals surface area (Å²) in [6.45, 7) is 4.27. The summed E-state index contributed by atoms with van der Waals surface area (Å²) in [5.41, 5.74) is 1.21. The molecule has 2 aliphatic rings. The summed E-state index contributed by atoms with van der Waals surface area (Å²) < 4.78 is 18.2. The van der Waals surface area contributed by atoms with E-state index in [1.807, 2.05) is 6.07 Å².